The number of benzene rings is 2. The lowest BCUT2D eigenvalue weighted by molar-refractivity contribution is 0.438. The minimum atomic E-state index is -0.0876. The molecule has 0 unspecified atom stereocenters. The quantitative estimate of drug-likeness (QED) is 0.623. The lowest BCUT2D eigenvalue weighted by Gasteiger charge is -2.12. The van der Waals surface area contributed by atoms with Gasteiger partial charge in [0.15, 0.2) is 0 Å². The van der Waals surface area contributed by atoms with Gasteiger partial charge in [0.2, 0.25) is 0 Å². The Hall–Kier alpha value is -2.36. The highest BCUT2D eigenvalue weighted by Gasteiger charge is 2.15. The summed E-state index contributed by atoms with van der Waals surface area (Å²) in [5.74, 6) is -0.191. The predicted molar refractivity (Wildman–Crippen MR) is 68.0 cm³/mol. The molecule has 0 fully saturated rings. The van der Waals surface area contributed by atoms with E-state index in [1.54, 1.807) is 13.8 Å². The average molecular weight is 246 g/mol. The van der Waals surface area contributed by atoms with E-state index in [4.69, 9.17) is 0 Å². The van der Waals surface area contributed by atoms with Gasteiger partial charge in [-0.2, -0.15) is 0 Å². The number of rotatable bonds is 1. The SMILES string of the molecule is Cc1c(O)ccc(-c2ccc(O)c(C)c2O)c1O. The third-order valence-electron chi connectivity index (χ3n) is 3.09. The summed E-state index contributed by atoms with van der Waals surface area (Å²) in [5, 5.41) is 38.9. The smallest absolute Gasteiger partial charge is 0.130 e. The molecule has 0 bridgehead atoms. The first-order chi connectivity index (χ1) is 8.43. The monoisotopic (exact) mass is 246 g/mol. The molecule has 18 heavy (non-hydrogen) atoms. The molecule has 4 N–H and O–H groups in total. The number of hydrogen-bond acceptors (Lipinski definition) is 4. The van der Waals surface area contributed by atoms with Gasteiger partial charge in [-0.3, -0.25) is 0 Å². The fourth-order valence-corrected chi connectivity index (χ4v) is 1.81. The summed E-state index contributed by atoms with van der Waals surface area (Å²) in [6.07, 6.45) is 0. The molecule has 94 valence electrons. The van der Waals surface area contributed by atoms with E-state index in [0.717, 1.165) is 0 Å². The molecular formula is C14H14O4. The van der Waals surface area contributed by atoms with Gasteiger partial charge in [-0.15, -0.1) is 0 Å². The zero-order valence-corrected chi connectivity index (χ0v) is 10.1. The molecule has 2 rings (SSSR count). The van der Waals surface area contributed by atoms with Crippen LogP contribution >= 0.6 is 0 Å². The average Bonchev–Trinajstić information content (AvgIpc) is 2.35. The summed E-state index contributed by atoms with van der Waals surface area (Å²) in [6, 6.07) is 5.93. The lowest BCUT2D eigenvalue weighted by Crippen LogP contribution is -1.86. The molecular weight excluding hydrogens is 232 g/mol. The third-order valence-corrected chi connectivity index (χ3v) is 3.09. The first-order valence-electron chi connectivity index (χ1n) is 5.47. The first kappa shape index (κ1) is 12.1. The van der Waals surface area contributed by atoms with Gasteiger partial charge in [0.25, 0.3) is 0 Å². The zero-order valence-electron chi connectivity index (χ0n) is 10.1. The zero-order chi connectivity index (χ0) is 13.4. The van der Waals surface area contributed by atoms with E-state index >= 15 is 0 Å². The van der Waals surface area contributed by atoms with Crippen LogP contribution in [0.2, 0.25) is 0 Å². The van der Waals surface area contributed by atoms with E-state index in [0.29, 0.717) is 22.3 Å². The Morgan fingerprint density at radius 2 is 0.944 bits per heavy atom. The Morgan fingerprint density at radius 3 is 1.28 bits per heavy atom. The maximum Gasteiger partial charge on any atom is 0.130 e. The number of hydrogen-bond donors (Lipinski definition) is 4. The van der Waals surface area contributed by atoms with Crippen LogP contribution in [0.15, 0.2) is 24.3 Å². The van der Waals surface area contributed by atoms with Crippen LogP contribution in [0.3, 0.4) is 0 Å². The van der Waals surface area contributed by atoms with Gasteiger partial charge in [-0.1, -0.05) is 0 Å². The fourth-order valence-electron chi connectivity index (χ4n) is 1.81. The largest absolute Gasteiger partial charge is 0.508 e. The maximum atomic E-state index is 9.98. The van der Waals surface area contributed by atoms with Gasteiger partial charge < -0.3 is 20.4 Å². The molecule has 0 saturated heterocycles. The standard InChI is InChI=1S/C14H14O4/c1-7-11(15)5-3-9(13(7)17)10-4-6-12(16)8(2)14(10)18/h3-6,15-18H,1-2H3. The molecule has 2 aromatic rings. The molecule has 0 amide bonds. The normalized spacial score (nSPS) is 10.6. The second kappa shape index (κ2) is 4.14. The molecule has 0 radical (unpaired) electrons. The predicted octanol–water partition coefficient (Wildman–Crippen LogP) is 2.79. The van der Waals surface area contributed by atoms with Crippen LogP contribution in [0.4, 0.5) is 0 Å². The molecule has 0 heterocycles. The fraction of sp³-hybridized carbons (Fsp3) is 0.143. The Balaban J connectivity index is 2.71. The number of phenolic OH excluding ortho intramolecular Hbond substituents is 4. The first-order valence-corrected chi connectivity index (χ1v) is 5.47. The number of phenols is 4. The summed E-state index contributed by atoms with van der Waals surface area (Å²) >= 11 is 0. The van der Waals surface area contributed by atoms with Gasteiger partial charge >= 0.3 is 0 Å². The van der Waals surface area contributed by atoms with Crippen molar-refractivity contribution in [1.29, 1.82) is 0 Å². The molecule has 4 nitrogen and oxygen atoms in total. The Bertz CT molecular complexity index is 562. The van der Waals surface area contributed by atoms with Crippen LogP contribution in [0.25, 0.3) is 11.1 Å². The van der Waals surface area contributed by atoms with Gasteiger partial charge in [0.1, 0.15) is 23.0 Å². The maximum absolute atomic E-state index is 9.98. The summed E-state index contributed by atoms with van der Waals surface area (Å²) in [4.78, 5) is 0. The van der Waals surface area contributed by atoms with Crippen molar-refractivity contribution in [2.45, 2.75) is 13.8 Å². The van der Waals surface area contributed by atoms with E-state index in [1.165, 1.54) is 24.3 Å². The van der Waals surface area contributed by atoms with Crippen molar-refractivity contribution >= 4 is 0 Å². The van der Waals surface area contributed by atoms with Crippen LogP contribution in [-0.4, -0.2) is 20.4 Å². The van der Waals surface area contributed by atoms with Crippen molar-refractivity contribution in [3.05, 3.63) is 35.4 Å². The molecule has 0 aliphatic carbocycles. The van der Waals surface area contributed by atoms with Crippen LogP contribution in [0, 0.1) is 13.8 Å². The summed E-state index contributed by atoms with van der Waals surface area (Å²) < 4.78 is 0. The Labute approximate surface area is 104 Å². The summed E-state index contributed by atoms with van der Waals surface area (Å²) in [7, 11) is 0. The van der Waals surface area contributed by atoms with Crippen LogP contribution in [-0.2, 0) is 0 Å². The highest BCUT2D eigenvalue weighted by molar-refractivity contribution is 5.79. The molecule has 0 saturated carbocycles. The van der Waals surface area contributed by atoms with Crippen molar-refractivity contribution in [2.24, 2.45) is 0 Å². The van der Waals surface area contributed by atoms with Gasteiger partial charge in [-0.05, 0) is 38.1 Å². The van der Waals surface area contributed by atoms with Crippen LogP contribution < -0.4 is 0 Å². The minimum absolute atomic E-state index is 0.00811. The topological polar surface area (TPSA) is 80.9 Å². The summed E-state index contributed by atoms with van der Waals surface area (Å²) in [5.41, 5.74) is 1.51. The highest BCUT2D eigenvalue weighted by atomic mass is 16.3. The number of aromatic hydroxyl groups is 4. The van der Waals surface area contributed by atoms with E-state index < -0.39 is 0 Å². The molecule has 2 aromatic carbocycles. The molecule has 4 heteroatoms. The van der Waals surface area contributed by atoms with Gasteiger partial charge in [0, 0.05) is 22.3 Å². The van der Waals surface area contributed by atoms with Crippen molar-refractivity contribution in [1.82, 2.24) is 0 Å². The van der Waals surface area contributed by atoms with Crippen molar-refractivity contribution < 1.29 is 20.4 Å². The lowest BCUT2D eigenvalue weighted by atomic mass is 9.98. The van der Waals surface area contributed by atoms with Crippen LogP contribution in [0.5, 0.6) is 23.0 Å². The minimum Gasteiger partial charge on any atom is -0.508 e. The van der Waals surface area contributed by atoms with Crippen molar-refractivity contribution in [2.75, 3.05) is 0 Å². The molecule has 0 aromatic heterocycles. The van der Waals surface area contributed by atoms with Gasteiger partial charge in [-0.25, -0.2) is 0 Å². The molecule has 0 atom stereocenters. The van der Waals surface area contributed by atoms with Crippen molar-refractivity contribution in [3.8, 4) is 34.1 Å². The molecule has 0 aliphatic heterocycles. The van der Waals surface area contributed by atoms with Crippen LogP contribution in [0.1, 0.15) is 11.1 Å². The van der Waals surface area contributed by atoms with Crippen molar-refractivity contribution in [3.63, 3.8) is 0 Å². The highest BCUT2D eigenvalue weighted by Crippen LogP contribution is 2.42. The second-order valence-corrected chi connectivity index (χ2v) is 4.21. The summed E-state index contributed by atoms with van der Waals surface area (Å²) in [6.45, 7) is 3.16. The van der Waals surface area contributed by atoms with E-state index in [1.807, 2.05) is 0 Å². The molecule has 0 spiro atoms. The van der Waals surface area contributed by atoms with E-state index in [-0.39, 0.29) is 23.0 Å². The third kappa shape index (κ3) is 1.72. The van der Waals surface area contributed by atoms with Gasteiger partial charge in [0.05, 0.1) is 0 Å². The van der Waals surface area contributed by atoms with E-state index in [2.05, 4.69) is 0 Å². The van der Waals surface area contributed by atoms with E-state index in [9.17, 15) is 20.4 Å². The Morgan fingerprint density at radius 1 is 0.611 bits per heavy atom. The Kier molecular flexibility index (Phi) is 2.79. The molecule has 0 aliphatic rings. The second-order valence-electron chi connectivity index (χ2n) is 4.21.